The van der Waals surface area contributed by atoms with E-state index in [9.17, 15) is 4.79 Å². The number of rotatable bonds is 2. The van der Waals surface area contributed by atoms with Gasteiger partial charge in [-0.2, -0.15) is 0 Å². The van der Waals surface area contributed by atoms with Gasteiger partial charge in [0.2, 0.25) is 0 Å². The summed E-state index contributed by atoms with van der Waals surface area (Å²) >= 11 is 0. The van der Waals surface area contributed by atoms with Crippen molar-refractivity contribution in [3.63, 3.8) is 0 Å². The first-order valence-corrected chi connectivity index (χ1v) is 10.2. The molecule has 0 atom stereocenters. The molecule has 1 saturated heterocycles. The molecule has 1 aromatic heterocycles. The molecule has 4 rings (SSSR count). The summed E-state index contributed by atoms with van der Waals surface area (Å²) in [5.41, 5.74) is 2.44. The van der Waals surface area contributed by atoms with Crippen LogP contribution >= 0.6 is 0 Å². The number of amides is 1. The first kappa shape index (κ1) is 19.5. The number of aromatic nitrogens is 1. The van der Waals surface area contributed by atoms with Gasteiger partial charge in [0.05, 0.1) is 23.3 Å². The van der Waals surface area contributed by atoms with Gasteiger partial charge in [-0.05, 0) is 45.0 Å². The van der Waals surface area contributed by atoms with Crippen molar-refractivity contribution in [2.45, 2.75) is 26.4 Å². The largest absolute Gasteiger partial charge is 0.443 e. The Labute approximate surface area is 172 Å². The number of nitrogens with zero attached hydrogens (tertiary/aromatic N) is 4. The number of carbonyl (C=O) groups excluding carboxylic acids is 1. The number of piperazine rings is 1. The number of carbonyl (C=O) groups is 1. The minimum atomic E-state index is -0.523. The second-order valence-electron chi connectivity index (χ2n) is 8.38. The number of pyridine rings is 1. The van der Waals surface area contributed by atoms with Gasteiger partial charge in [-0.25, -0.2) is 9.78 Å². The normalized spacial score (nSPS) is 17.1. The highest BCUT2D eigenvalue weighted by Crippen LogP contribution is 2.37. The zero-order chi connectivity index (χ0) is 20.4. The van der Waals surface area contributed by atoms with E-state index in [4.69, 9.17) is 9.72 Å². The van der Waals surface area contributed by atoms with Gasteiger partial charge >= 0.3 is 6.09 Å². The van der Waals surface area contributed by atoms with E-state index in [1.54, 1.807) is 4.90 Å². The molecular weight excluding hydrogens is 366 g/mol. The average molecular weight is 396 g/mol. The van der Waals surface area contributed by atoms with Crippen molar-refractivity contribution in [3.05, 3.63) is 42.6 Å². The first-order valence-electron chi connectivity index (χ1n) is 10.2. The van der Waals surface area contributed by atoms with Crippen LogP contribution in [0.2, 0.25) is 0 Å². The lowest BCUT2D eigenvalue weighted by molar-refractivity contribution is 0.0580. The van der Waals surface area contributed by atoms with E-state index in [0.717, 1.165) is 49.1 Å². The molecule has 1 amide bonds. The van der Waals surface area contributed by atoms with Crippen LogP contribution in [0.1, 0.15) is 20.8 Å². The number of nitrogens with one attached hydrogen (secondary N) is 1. The summed E-state index contributed by atoms with van der Waals surface area (Å²) in [6, 6.07) is 12.1. The standard InChI is InChI=1S/C22H29N5O2/c1-22(2,3)29-21(28)27-15-14-26(18-6-4-5-7-19(18)27)20-9-8-17(16-24-20)25-12-10-23-11-13-25/h4-9,16,23H,10-15H2,1-3H3. The maximum absolute atomic E-state index is 12.7. The monoisotopic (exact) mass is 395 g/mol. The number of para-hydroxylation sites is 2. The van der Waals surface area contributed by atoms with Crippen molar-refractivity contribution in [3.8, 4) is 0 Å². The van der Waals surface area contributed by atoms with Crippen LogP contribution in [0.3, 0.4) is 0 Å². The topological polar surface area (TPSA) is 60.9 Å². The predicted molar refractivity (Wildman–Crippen MR) is 116 cm³/mol. The Morgan fingerprint density at radius 2 is 1.72 bits per heavy atom. The van der Waals surface area contributed by atoms with Crippen molar-refractivity contribution in [1.29, 1.82) is 0 Å². The third kappa shape index (κ3) is 4.29. The van der Waals surface area contributed by atoms with Crippen LogP contribution in [0.4, 0.5) is 27.7 Å². The van der Waals surface area contributed by atoms with Gasteiger partial charge in [-0.1, -0.05) is 12.1 Å². The van der Waals surface area contributed by atoms with E-state index in [1.165, 1.54) is 0 Å². The summed E-state index contributed by atoms with van der Waals surface area (Å²) in [7, 11) is 0. The molecule has 7 nitrogen and oxygen atoms in total. The van der Waals surface area contributed by atoms with E-state index in [1.807, 2.05) is 51.2 Å². The van der Waals surface area contributed by atoms with Crippen molar-refractivity contribution in [2.24, 2.45) is 0 Å². The Hall–Kier alpha value is -2.80. The van der Waals surface area contributed by atoms with E-state index < -0.39 is 5.60 Å². The predicted octanol–water partition coefficient (Wildman–Crippen LogP) is 3.38. The molecule has 2 aliphatic rings. The molecule has 2 aliphatic heterocycles. The van der Waals surface area contributed by atoms with Crippen molar-refractivity contribution in [1.82, 2.24) is 10.3 Å². The molecule has 0 aliphatic carbocycles. The summed E-state index contributed by atoms with van der Waals surface area (Å²) in [6.07, 6.45) is 1.63. The number of fused-ring (bicyclic) bond motifs is 1. The fourth-order valence-corrected chi connectivity index (χ4v) is 3.75. The molecular formula is C22H29N5O2. The first-order chi connectivity index (χ1) is 13.9. The van der Waals surface area contributed by atoms with Gasteiger partial charge in [0.25, 0.3) is 0 Å². The van der Waals surface area contributed by atoms with Crippen LogP contribution in [0.5, 0.6) is 0 Å². The maximum atomic E-state index is 12.7. The molecule has 0 radical (unpaired) electrons. The second-order valence-corrected chi connectivity index (χ2v) is 8.38. The molecule has 7 heteroatoms. The quantitative estimate of drug-likeness (QED) is 0.841. The summed E-state index contributed by atoms with van der Waals surface area (Å²) in [4.78, 5) is 23.7. The highest BCUT2D eigenvalue weighted by Gasteiger charge is 2.31. The number of ether oxygens (including phenoxy) is 1. The summed E-state index contributed by atoms with van der Waals surface area (Å²) in [5.74, 6) is 0.889. The van der Waals surface area contributed by atoms with Crippen molar-refractivity contribution >= 4 is 29.0 Å². The lowest BCUT2D eigenvalue weighted by Crippen LogP contribution is -2.45. The molecule has 29 heavy (non-hydrogen) atoms. The number of hydrogen-bond donors (Lipinski definition) is 1. The Morgan fingerprint density at radius 1 is 1.00 bits per heavy atom. The molecule has 0 bridgehead atoms. The fraction of sp³-hybridized carbons (Fsp3) is 0.455. The van der Waals surface area contributed by atoms with Crippen LogP contribution in [0.25, 0.3) is 0 Å². The third-order valence-corrected chi connectivity index (χ3v) is 5.12. The highest BCUT2D eigenvalue weighted by molar-refractivity contribution is 5.95. The molecule has 3 heterocycles. The molecule has 2 aromatic rings. The van der Waals surface area contributed by atoms with Crippen molar-refractivity contribution < 1.29 is 9.53 Å². The summed E-state index contributed by atoms with van der Waals surface area (Å²) in [5, 5.41) is 3.37. The Morgan fingerprint density at radius 3 is 2.38 bits per heavy atom. The molecule has 1 fully saturated rings. The number of benzene rings is 1. The fourth-order valence-electron chi connectivity index (χ4n) is 3.75. The van der Waals surface area contributed by atoms with E-state index in [-0.39, 0.29) is 6.09 Å². The summed E-state index contributed by atoms with van der Waals surface area (Å²) in [6.45, 7) is 10.9. The maximum Gasteiger partial charge on any atom is 0.414 e. The van der Waals surface area contributed by atoms with Crippen LogP contribution in [-0.4, -0.2) is 55.9 Å². The van der Waals surface area contributed by atoms with Gasteiger partial charge < -0.3 is 19.9 Å². The Bertz CT molecular complexity index is 856. The highest BCUT2D eigenvalue weighted by atomic mass is 16.6. The zero-order valence-electron chi connectivity index (χ0n) is 17.4. The molecule has 1 aromatic carbocycles. The van der Waals surface area contributed by atoms with E-state index in [0.29, 0.717) is 13.1 Å². The van der Waals surface area contributed by atoms with Crippen LogP contribution in [0.15, 0.2) is 42.6 Å². The minimum Gasteiger partial charge on any atom is -0.443 e. The van der Waals surface area contributed by atoms with Crippen LogP contribution in [-0.2, 0) is 4.74 Å². The molecule has 0 spiro atoms. The van der Waals surface area contributed by atoms with Gasteiger partial charge in [0.15, 0.2) is 0 Å². The molecule has 0 saturated carbocycles. The Kier molecular flexibility index (Phi) is 5.32. The van der Waals surface area contributed by atoms with Gasteiger partial charge in [0, 0.05) is 39.3 Å². The van der Waals surface area contributed by atoms with E-state index in [2.05, 4.69) is 27.2 Å². The molecule has 154 valence electrons. The minimum absolute atomic E-state index is 0.313. The van der Waals surface area contributed by atoms with Gasteiger partial charge in [0.1, 0.15) is 11.4 Å². The van der Waals surface area contributed by atoms with Crippen molar-refractivity contribution in [2.75, 3.05) is 54.0 Å². The zero-order valence-corrected chi connectivity index (χ0v) is 17.4. The number of hydrogen-bond acceptors (Lipinski definition) is 6. The summed E-state index contributed by atoms with van der Waals surface area (Å²) < 4.78 is 5.60. The van der Waals surface area contributed by atoms with Crippen LogP contribution < -0.4 is 20.0 Å². The molecule has 1 N–H and O–H groups in total. The number of anilines is 4. The molecule has 0 unspecified atom stereocenters. The van der Waals surface area contributed by atoms with E-state index >= 15 is 0 Å². The Balaban J connectivity index is 1.57. The third-order valence-electron chi connectivity index (χ3n) is 5.12. The SMILES string of the molecule is CC(C)(C)OC(=O)N1CCN(c2ccc(N3CCNCC3)cn2)c2ccccc21. The van der Waals surface area contributed by atoms with Gasteiger partial charge in [-0.15, -0.1) is 0 Å². The lowest BCUT2D eigenvalue weighted by atomic mass is 10.1. The second kappa shape index (κ2) is 7.91. The van der Waals surface area contributed by atoms with Gasteiger partial charge in [-0.3, -0.25) is 4.90 Å². The average Bonchev–Trinajstić information content (AvgIpc) is 2.72. The lowest BCUT2D eigenvalue weighted by Gasteiger charge is -2.37. The van der Waals surface area contributed by atoms with Crippen LogP contribution in [0, 0.1) is 0 Å². The smallest absolute Gasteiger partial charge is 0.414 e.